The van der Waals surface area contributed by atoms with Crippen molar-refractivity contribution in [2.75, 3.05) is 32.8 Å². The third-order valence-electron chi connectivity index (χ3n) is 4.23. The summed E-state index contributed by atoms with van der Waals surface area (Å²) < 4.78 is 45.3. The van der Waals surface area contributed by atoms with Crippen molar-refractivity contribution in [2.24, 2.45) is 0 Å². The van der Waals surface area contributed by atoms with E-state index in [2.05, 4.69) is 0 Å². The quantitative estimate of drug-likeness (QED) is 0.756. The van der Waals surface area contributed by atoms with Gasteiger partial charge < -0.3 is 9.64 Å². The number of hydrogen-bond donors (Lipinski definition) is 0. The van der Waals surface area contributed by atoms with E-state index >= 15 is 0 Å². The number of amides is 1. The molecule has 1 amide bonds. The molecule has 0 atom stereocenters. The Morgan fingerprint density at radius 2 is 1.74 bits per heavy atom. The predicted molar refractivity (Wildman–Crippen MR) is 98.7 cm³/mol. The number of halogens is 2. The molecule has 3 rings (SSSR count). The van der Waals surface area contributed by atoms with Gasteiger partial charge >= 0.3 is 0 Å². The van der Waals surface area contributed by atoms with Crippen LogP contribution in [-0.2, 0) is 14.8 Å². The number of nitrogens with zero attached hydrogens (tertiary/aromatic N) is 2. The lowest BCUT2D eigenvalue weighted by atomic mass is 10.3. The molecule has 0 saturated carbocycles. The van der Waals surface area contributed by atoms with Gasteiger partial charge in [0.05, 0.1) is 9.92 Å². The fourth-order valence-electron chi connectivity index (χ4n) is 2.72. The monoisotopic (exact) mass is 412 g/mol. The third-order valence-corrected chi connectivity index (χ3v) is 6.41. The maximum absolute atomic E-state index is 13.3. The molecule has 27 heavy (non-hydrogen) atoms. The average Bonchev–Trinajstić information content (AvgIpc) is 2.69. The lowest BCUT2D eigenvalue weighted by Crippen LogP contribution is -2.51. The van der Waals surface area contributed by atoms with E-state index in [1.54, 1.807) is 17.0 Å². The van der Waals surface area contributed by atoms with E-state index in [1.807, 2.05) is 18.2 Å². The zero-order valence-electron chi connectivity index (χ0n) is 14.3. The Balaban J connectivity index is 1.57. The summed E-state index contributed by atoms with van der Waals surface area (Å²) >= 11 is 5.68. The number of sulfonamides is 1. The fourth-order valence-corrected chi connectivity index (χ4v) is 4.41. The van der Waals surface area contributed by atoms with Crippen molar-refractivity contribution in [2.45, 2.75) is 4.90 Å². The normalized spacial score (nSPS) is 15.6. The number of piperazine rings is 1. The number of benzene rings is 2. The molecular weight excluding hydrogens is 395 g/mol. The van der Waals surface area contributed by atoms with Crippen molar-refractivity contribution in [3.63, 3.8) is 0 Å². The number of carbonyl (C=O) groups excluding carboxylic acids is 1. The van der Waals surface area contributed by atoms with Crippen molar-refractivity contribution in [1.82, 2.24) is 9.21 Å². The Morgan fingerprint density at radius 3 is 2.37 bits per heavy atom. The molecule has 1 aliphatic heterocycles. The van der Waals surface area contributed by atoms with E-state index in [0.29, 0.717) is 5.75 Å². The first-order chi connectivity index (χ1) is 12.9. The highest BCUT2D eigenvalue weighted by molar-refractivity contribution is 7.89. The highest BCUT2D eigenvalue weighted by Gasteiger charge is 2.30. The molecule has 0 aliphatic carbocycles. The summed E-state index contributed by atoms with van der Waals surface area (Å²) in [5.74, 6) is -0.287. The van der Waals surface area contributed by atoms with Crippen LogP contribution in [0.15, 0.2) is 53.4 Å². The third kappa shape index (κ3) is 4.58. The molecule has 0 bridgehead atoms. The predicted octanol–water partition coefficient (Wildman–Crippen LogP) is 2.39. The second-order valence-corrected chi connectivity index (χ2v) is 8.31. The molecule has 1 saturated heterocycles. The molecule has 6 nitrogen and oxygen atoms in total. The van der Waals surface area contributed by atoms with E-state index in [4.69, 9.17) is 16.3 Å². The van der Waals surface area contributed by atoms with Gasteiger partial charge in [0.25, 0.3) is 5.91 Å². The summed E-state index contributed by atoms with van der Waals surface area (Å²) in [6.45, 7) is 0.698. The lowest BCUT2D eigenvalue weighted by Gasteiger charge is -2.34. The molecule has 9 heteroatoms. The summed E-state index contributed by atoms with van der Waals surface area (Å²) in [6, 6.07) is 12.3. The van der Waals surface area contributed by atoms with Crippen LogP contribution < -0.4 is 4.74 Å². The van der Waals surface area contributed by atoms with Crippen LogP contribution in [0.3, 0.4) is 0 Å². The van der Waals surface area contributed by atoms with E-state index in [9.17, 15) is 17.6 Å². The van der Waals surface area contributed by atoms with E-state index in [-0.39, 0.29) is 48.6 Å². The van der Waals surface area contributed by atoms with Gasteiger partial charge in [0, 0.05) is 26.2 Å². The van der Waals surface area contributed by atoms with Gasteiger partial charge in [0.15, 0.2) is 6.61 Å². The first-order valence-electron chi connectivity index (χ1n) is 8.29. The Hall–Kier alpha value is -2.16. The van der Waals surface area contributed by atoms with Crippen LogP contribution >= 0.6 is 11.6 Å². The van der Waals surface area contributed by atoms with Crippen LogP contribution in [0.5, 0.6) is 5.75 Å². The summed E-state index contributed by atoms with van der Waals surface area (Å²) in [4.78, 5) is 13.7. The van der Waals surface area contributed by atoms with Gasteiger partial charge in [0.2, 0.25) is 10.0 Å². The number of para-hydroxylation sites is 1. The van der Waals surface area contributed by atoms with Crippen molar-refractivity contribution >= 4 is 27.5 Å². The van der Waals surface area contributed by atoms with Crippen LogP contribution in [0, 0.1) is 5.82 Å². The molecule has 0 spiro atoms. The molecule has 2 aromatic rings. The van der Waals surface area contributed by atoms with Gasteiger partial charge in [-0.05, 0) is 30.3 Å². The average molecular weight is 413 g/mol. The lowest BCUT2D eigenvalue weighted by molar-refractivity contribution is -0.134. The van der Waals surface area contributed by atoms with Crippen LogP contribution in [-0.4, -0.2) is 56.3 Å². The molecule has 0 N–H and O–H groups in total. The second kappa shape index (κ2) is 8.24. The Labute approximate surface area is 162 Å². The molecule has 144 valence electrons. The maximum Gasteiger partial charge on any atom is 0.260 e. The Kier molecular flexibility index (Phi) is 5.98. The van der Waals surface area contributed by atoms with E-state index in [1.165, 1.54) is 10.4 Å². The van der Waals surface area contributed by atoms with Crippen LogP contribution in [0.2, 0.25) is 5.02 Å². The molecule has 1 fully saturated rings. The minimum absolute atomic E-state index is 0.0684. The zero-order valence-corrected chi connectivity index (χ0v) is 15.9. The largest absolute Gasteiger partial charge is 0.484 e. The van der Waals surface area contributed by atoms with Gasteiger partial charge in [-0.3, -0.25) is 4.79 Å². The van der Waals surface area contributed by atoms with Crippen LogP contribution in [0.25, 0.3) is 0 Å². The number of rotatable bonds is 5. The van der Waals surface area contributed by atoms with Gasteiger partial charge in [0.1, 0.15) is 11.6 Å². The molecule has 0 unspecified atom stereocenters. The summed E-state index contributed by atoms with van der Waals surface area (Å²) in [6.07, 6.45) is 0. The molecular formula is C18H18ClFN2O4S. The first kappa shape index (κ1) is 19.6. The molecule has 0 aromatic heterocycles. The van der Waals surface area contributed by atoms with Crippen LogP contribution in [0.1, 0.15) is 0 Å². The van der Waals surface area contributed by atoms with E-state index in [0.717, 1.165) is 12.1 Å². The second-order valence-electron chi connectivity index (χ2n) is 5.96. The maximum atomic E-state index is 13.3. The number of ether oxygens (including phenoxy) is 1. The van der Waals surface area contributed by atoms with Crippen molar-refractivity contribution in [1.29, 1.82) is 0 Å². The minimum atomic E-state index is -3.79. The Bertz CT molecular complexity index is 916. The molecule has 1 aliphatic rings. The SMILES string of the molecule is O=C(COc1ccccc1)N1CCN(S(=O)(=O)c2ccc(F)c(Cl)c2)CC1. The highest BCUT2D eigenvalue weighted by Crippen LogP contribution is 2.23. The number of hydrogen-bond acceptors (Lipinski definition) is 4. The highest BCUT2D eigenvalue weighted by atomic mass is 35.5. The smallest absolute Gasteiger partial charge is 0.260 e. The number of carbonyl (C=O) groups is 1. The first-order valence-corrected chi connectivity index (χ1v) is 10.1. The van der Waals surface area contributed by atoms with Crippen molar-refractivity contribution < 1.29 is 22.3 Å². The van der Waals surface area contributed by atoms with Crippen molar-refractivity contribution in [3.05, 3.63) is 59.4 Å². The molecule has 0 radical (unpaired) electrons. The topological polar surface area (TPSA) is 66.9 Å². The van der Waals surface area contributed by atoms with Crippen molar-refractivity contribution in [3.8, 4) is 5.75 Å². The summed E-state index contributed by atoms with van der Waals surface area (Å²) in [5, 5.41) is -0.247. The standard InChI is InChI=1S/C18H18ClFN2O4S/c19-16-12-15(6-7-17(16)20)27(24,25)22-10-8-21(9-11-22)18(23)13-26-14-4-2-1-3-5-14/h1-7,12H,8-11,13H2. The van der Waals surface area contributed by atoms with Crippen LogP contribution in [0.4, 0.5) is 4.39 Å². The molecule has 2 aromatic carbocycles. The van der Waals surface area contributed by atoms with Gasteiger partial charge in [-0.2, -0.15) is 4.31 Å². The summed E-state index contributed by atoms with van der Waals surface area (Å²) in [7, 11) is -3.79. The summed E-state index contributed by atoms with van der Waals surface area (Å²) in [5.41, 5.74) is 0. The Morgan fingerprint density at radius 1 is 1.07 bits per heavy atom. The van der Waals surface area contributed by atoms with Gasteiger partial charge in [-0.15, -0.1) is 0 Å². The van der Waals surface area contributed by atoms with Gasteiger partial charge in [-0.25, -0.2) is 12.8 Å². The molecule has 1 heterocycles. The zero-order chi connectivity index (χ0) is 19.4. The van der Waals surface area contributed by atoms with E-state index < -0.39 is 15.8 Å². The van der Waals surface area contributed by atoms with Gasteiger partial charge in [-0.1, -0.05) is 29.8 Å². The fraction of sp³-hybridized carbons (Fsp3) is 0.278. The minimum Gasteiger partial charge on any atom is -0.484 e.